The van der Waals surface area contributed by atoms with Gasteiger partial charge in [-0.25, -0.2) is 0 Å². The van der Waals surface area contributed by atoms with E-state index < -0.39 is 0 Å². The molecule has 0 aromatic rings. The molecule has 0 N–H and O–H groups in total. The molecule has 29 heavy (non-hydrogen) atoms. The first-order valence-electron chi connectivity index (χ1n) is 11.6. The fraction of sp³-hybridized carbons (Fsp3) is 0.957. The Hall–Kier alpha value is -0.690. The molecule has 0 heterocycles. The van der Waals surface area contributed by atoms with Crippen LogP contribution in [0, 0.1) is 5.92 Å². The van der Waals surface area contributed by atoms with Gasteiger partial charge in [-0.1, -0.05) is 40.0 Å². The van der Waals surface area contributed by atoms with Gasteiger partial charge in [0.1, 0.15) is 0 Å². The molecule has 0 aromatic heterocycles. The maximum atomic E-state index is 11.8. The predicted octanol–water partition coefficient (Wildman–Crippen LogP) is 4.78. The molecule has 0 saturated heterocycles. The van der Waals surface area contributed by atoms with Crippen molar-refractivity contribution in [1.29, 1.82) is 0 Å². The van der Waals surface area contributed by atoms with Gasteiger partial charge in [0, 0.05) is 19.6 Å². The van der Waals surface area contributed by atoms with Crippen molar-refractivity contribution in [3.63, 3.8) is 0 Å². The fourth-order valence-electron chi connectivity index (χ4n) is 2.60. The number of hydrogen-bond acceptors (Lipinski definition) is 6. The van der Waals surface area contributed by atoms with E-state index in [9.17, 15) is 4.79 Å². The largest absolute Gasteiger partial charge is 0.463 e. The highest BCUT2D eigenvalue weighted by Crippen LogP contribution is 2.09. The second-order valence-electron chi connectivity index (χ2n) is 7.89. The summed E-state index contributed by atoms with van der Waals surface area (Å²) in [6.45, 7) is 13.3. The van der Waals surface area contributed by atoms with Gasteiger partial charge in [-0.3, -0.25) is 4.79 Å². The number of rotatable bonds is 22. The van der Waals surface area contributed by atoms with Crippen molar-refractivity contribution in [3.8, 4) is 0 Å². The zero-order valence-corrected chi connectivity index (χ0v) is 19.4. The number of carbonyl (C=O) groups is 1. The minimum atomic E-state index is -0.127. The number of unbranched alkanes of at least 4 members (excludes halogenated alkanes) is 3. The highest BCUT2D eigenvalue weighted by atomic mass is 16.6. The van der Waals surface area contributed by atoms with Crippen LogP contribution in [0.3, 0.4) is 0 Å². The lowest BCUT2D eigenvalue weighted by atomic mass is 10.1. The molecule has 6 nitrogen and oxygen atoms in total. The smallest absolute Gasteiger partial charge is 0.306 e. The Labute approximate surface area is 178 Å². The molecule has 174 valence electrons. The van der Waals surface area contributed by atoms with Crippen molar-refractivity contribution in [2.45, 2.75) is 85.2 Å². The maximum absolute atomic E-state index is 11.8. The molecule has 0 saturated carbocycles. The van der Waals surface area contributed by atoms with Gasteiger partial charge in [0.05, 0.1) is 45.7 Å². The fourth-order valence-corrected chi connectivity index (χ4v) is 2.60. The van der Waals surface area contributed by atoms with Gasteiger partial charge in [0.25, 0.3) is 0 Å². The molecule has 1 atom stereocenters. The number of hydrogen-bond donors (Lipinski definition) is 0. The van der Waals surface area contributed by atoms with Crippen molar-refractivity contribution < 1.29 is 28.5 Å². The lowest BCUT2D eigenvalue weighted by molar-refractivity contribution is -0.149. The summed E-state index contributed by atoms with van der Waals surface area (Å²) in [6, 6.07) is 0. The van der Waals surface area contributed by atoms with Crippen LogP contribution in [0.2, 0.25) is 0 Å². The normalized spacial score (nSPS) is 12.4. The van der Waals surface area contributed by atoms with Crippen LogP contribution < -0.4 is 0 Å². The van der Waals surface area contributed by atoms with Gasteiger partial charge in [-0.05, 0) is 38.5 Å². The maximum Gasteiger partial charge on any atom is 0.306 e. The van der Waals surface area contributed by atoms with Crippen LogP contribution in [0.25, 0.3) is 0 Å². The summed E-state index contributed by atoms with van der Waals surface area (Å²) in [7, 11) is 0. The molecule has 0 amide bonds. The molecule has 0 aliphatic heterocycles. The summed E-state index contributed by atoms with van der Waals surface area (Å²) in [6.07, 6.45) is 7.97. The zero-order chi connectivity index (χ0) is 21.6. The highest BCUT2D eigenvalue weighted by molar-refractivity contribution is 5.69. The average molecular weight is 419 g/mol. The standard InChI is InChI=1S/C23H46O6/c1-5-6-7-8-10-22(4)29-23(24)11-9-13-25-15-17-27-19-20-28-18-16-26-14-12-21(2)3/h21-22H,5-20H2,1-4H3. The van der Waals surface area contributed by atoms with Crippen LogP contribution in [-0.2, 0) is 28.5 Å². The molecule has 0 fully saturated rings. The summed E-state index contributed by atoms with van der Waals surface area (Å²) in [4.78, 5) is 11.8. The third kappa shape index (κ3) is 23.5. The van der Waals surface area contributed by atoms with E-state index in [0.29, 0.717) is 65.0 Å². The van der Waals surface area contributed by atoms with Gasteiger partial charge < -0.3 is 23.7 Å². The van der Waals surface area contributed by atoms with Gasteiger partial charge >= 0.3 is 5.97 Å². The van der Waals surface area contributed by atoms with E-state index in [2.05, 4.69) is 20.8 Å². The molecule has 6 heteroatoms. The summed E-state index contributed by atoms with van der Waals surface area (Å²) in [5, 5.41) is 0. The topological polar surface area (TPSA) is 63.2 Å². The van der Waals surface area contributed by atoms with Crippen molar-refractivity contribution in [1.82, 2.24) is 0 Å². The van der Waals surface area contributed by atoms with E-state index in [-0.39, 0.29) is 12.1 Å². The minimum absolute atomic E-state index is 0.0162. The quantitative estimate of drug-likeness (QED) is 0.186. The van der Waals surface area contributed by atoms with Gasteiger partial charge in [0.2, 0.25) is 0 Å². The first-order valence-corrected chi connectivity index (χ1v) is 11.6. The summed E-state index contributed by atoms with van der Waals surface area (Å²) in [5.74, 6) is 0.548. The Morgan fingerprint density at radius 2 is 1.21 bits per heavy atom. The molecular formula is C23H46O6. The first kappa shape index (κ1) is 28.3. The SMILES string of the molecule is CCCCCCC(C)OC(=O)CCCOCCOCCOCCOCCC(C)C. The lowest BCUT2D eigenvalue weighted by Gasteiger charge is -2.13. The van der Waals surface area contributed by atoms with Crippen LogP contribution in [0.1, 0.15) is 79.1 Å². The molecule has 1 unspecified atom stereocenters. The van der Waals surface area contributed by atoms with E-state index in [1.54, 1.807) is 0 Å². The van der Waals surface area contributed by atoms with Crippen molar-refractivity contribution in [3.05, 3.63) is 0 Å². The lowest BCUT2D eigenvalue weighted by Crippen LogP contribution is -2.15. The van der Waals surface area contributed by atoms with Crippen LogP contribution in [0.15, 0.2) is 0 Å². The van der Waals surface area contributed by atoms with E-state index in [1.165, 1.54) is 19.3 Å². The van der Waals surface area contributed by atoms with Gasteiger partial charge in [-0.15, -0.1) is 0 Å². The first-order chi connectivity index (χ1) is 14.1. The third-order valence-corrected chi connectivity index (χ3v) is 4.42. The van der Waals surface area contributed by atoms with Crippen LogP contribution in [0.5, 0.6) is 0 Å². The number of ether oxygens (including phenoxy) is 5. The monoisotopic (exact) mass is 418 g/mol. The molecule has 0 radical (unpaired) electrons. The van der Waals surface area contributed by atoms with E-state index in [1.807, 2.05) is 6.92 Å². The Morgan fingerprint density at radius 1 is 0.655 bits per heavy atom. The molecule has 0 aliphatic rings. The molecular weight excluding hydrogens is 372 g/mol. The Kier molecular flexibility index (Phi) is 21.5. The van der Waals surface area contributed by atoms with Crippen molar-refractivity contribution in [2.24, 2.45) is 5.92 Å². The summed E-state index contributed by atoms with van der Waals surface area (Å²) < 4.78 is 27.2. The van der Waals surface area contributed by atoms with Crippen molar-refractivity contribution in [2.75, 3.05) is 52.9 Å². The molecule has 0 aromatic carbocycles. The van der Waals surface area contributed by atoms with E-state index >= 15 is 0 Å². The van der Waals surface area contributed by atoms with Crippen LogP contribution >= 0.6 is 0 Å². The van der Waals surface area contributed by atoms with Crippen molar-refractivity contribution >= 4 is 5.97 Å². The summed E-state index contributed by atoms with van der Waals surface area (Å²) in [5.41, 5.74) is 0. The Morgan fingerprint density at radius 3 is 1.76 bits per heavy atom. The predicted molar refractivity (Wildman–Crippen MR) is 116 cm³/mol. The zero-order valence-electron chi connectivity index (χ0n) is 19.4. The molecule has 0 rings (SSSR count). The Balaban J connectivity index is 3.23. The molecule has 0 bridgehead atoms. The Bertz CT molecular complexity index is 348. The van der Waals surface area contributed by atoms with Crippen LogP contribution in [-0.4, -0.2) is 64.9 Å². The molecule has 0 aliphatic carbocycles. The molecule has 0 spiro atoms. The number of carbonyl (C=O) groups excluding carboxylic acids is 1. The number of esters is 1. The van der Waals surface area contributed by atoms with E-state index in [0.717, 1.165) is 25.9 Å². The summed E-state index contributed by atoms with van der Waals surface area (Å²) >= 11 is 0. The van der Waals surface area contributed by atoms with Crippen LogP contribution in [0.4, 0.5) is 0 Å². The van der Waals surface area contributed by atoms with Gasteiger partial charge in [0.15, 0.2) is 0 Å². The average Bonchev–Trinajstić information content (AvgIpc) is 2.68. The third-order valence-electron chi connectivity index (χ3n) is 4.42. The van der Waals surface area contributed by atoms with E-state index in [4.69, 9.17) is 23.7 Å². The second-order valence-corrected chi connectivity index (χ2v) is 7.89. The highest BCUT2D eigenvalue weighted by Gasteiger charge is 2.09. The van der Waals surface area contributed by atoms with Gasteiger partial charge in [-0.2, -0.15) is 0 Å². The minimum Gasteiger partial charge on any atom is -0.463 e. The second kappa shape index (κ2) is 22.0.